The highest BCUT2D eigenvalue weighted by Gasteiger charge is 2.28. The third kappa shape index (κ3) is 5.48. The summed E-state index contributed by atoms with van der Waals surface area (Å²) in [5.74, 6) is -0.690. The molecule has 0 atom stereocenters. The Morgan fingerprint density at radius 2 is 1.74 bits per heavy atom. The molecule has 2 N–H and O–H groups in total. The Balaban J connectivity index is 2.45. The Hall–Kier alpha value is -0.620. The van der Waals surface area contributed by atoms with Crippen molar-refractivity contribution in [1.29, 1.82) is 0 Å². The van der Waals surface area contributed by atoms with Crippen LogP contribution in [-0.2, 0) is 14.8 Å². The molecule has 0 amide bonds. The minimum Gasteiger partial charge on any atom is -0.481 e. The molecule has 0 spiro atoms. The second kappa shape index (κ2) is 7.24. The predicted molar refractivity (Wildman–Crippen MR) is 74.4 cm³/mol. The molecule has 0 unspecified atom stereocenters. The smallest absolute Gasteiger partial charge is 0.306 e. The fourth-order valence-corrected chi connectivity index (χ4v) is 4.53. The van der Waals surface area contributed by atoms with Gasteiger partial charge in [0.1, 0.15) is 0 Å². The van der Waals surface area contributed by atoms with E-state index in [1.165, 1.54) is 0 Å². The Morgan fingerprint density at radius 1 is 1.21 bits per heavy atom. The highest BCUT2D eigenvalue weighted by atomic mass is 32.2. The molecule has 19 heavy (non-hydrogen) atoms. The monoisotopic (exact) mass is 291 g/mol. The first-order valence-corrected chi connectivity index (χ1v) is 8.76. The van der Waals surface area contributed by atoms with Gasteiger partial charge in [-0.1, -0.05) is 26.7 Å². The molecule has 0 radical (unpaired) electrons. The molecular weight excluding hydrogens is 266 g/mol. The van der Waals surface area contributed by atoms with Crippen LogP contribution in [0.15, 0.2) is 0 Å². The largest absolute Gasteiger partial charge is 0.481 e. The van der Waals surface area contributed by atoms with E-state index in [1.807, 2.05) is 13.8 Å². The van der Waals surface area contributed by atoms with Crippen molar-refractivity contribution in [3.63, 3.8) is 0 Å². The summed E-state index contributed by atoms with van der Waals surface area (Å²) in [5, 5.41) is 8.90. The molecule has 112 valence electrons. The van der Waals surface area contributed by atoms with Gasteiger partial charge in [0.05, 0.1) is 11.7 Å². The van der Waals surface area contributed by atoms with Gasteiger partial charge in [-0.05, 0) is 31.6 Å². The van der Waals surface area contributed by atoms with Crippen LogP contribution in [0.3, 0.4) is 0 Å². The highest BCUT2D eigenvalue weighted by Crippen LogP contribution is 2.25. The Kier molecular flexibility index (Phi) is 6.26. The Labute approximate surface area is 115 Å². The van der Waals surface area contributed by atoms with Crippen molar-refractivity contribution in [1.82, 2.24) is 4.72 Å². The van der Waals surface area contributed by atoms with E-state index in [-0.39, 0.29) is 23.6 Å². The third-order valence-electron chi connectivity index (χ3n) is 4.03. The lowest BCUT2D eigenvalue weighted by molar-refractivity contribution is -0.142. The van der Waals surface area contributed by atoms with Gasteiger partial charge in [-0.3, -0.25) is 4.79 Å². The van der Waals surface area contributed by atoms with Crippen LogP contribution in [0.2, 0.25) is 0 Å². The highest BCUT2D eigenvalue weighted by molar-refractivity contribution is 7.89. The standard InChI is InChI=1S/C13H25NO4S/c1-3-10(4-2)9-19(17,18)14-12-7-5-11(6-8-12)13(15)16/h10-12,14H,3-9H2,1-2H3,(H,15,16). The maximum atomic E-state index is 12.0. The number of aliphatic carboxylic acids is 1. The van der Waals surface area contributed by atoms with E-state index in [1.54, 1.807) is 0 Å². The molecule has 0 aromatic carbocycles. The molecule has 1 aliphatic carbocycles. The molecule has 6 heteroatoms. The first-order valence-electron chi connectivity index (χ1n) is 7.10. The number of hydrogen-bond acceptors (Lipinski definition) is 3. The number of rotatable bonds is 7. The number of carboxylic acids is 1. The van der Waals surface area contributed by atoms with Crippen molar-refractivity contribution < 1.29 is 18.3 Å². The van der Waals surface area contributed by atoms with Gasteiger partial charge in [0, 0.05) is 6.04 Å². The summed E-state index contributed by atoms with van der Waals surface area (Å²) < 4.78 is 26.8. The summed E-state index contributed by atoms with van der Waals surface area (Å²) in [6.07, 6.45) is 4.10. The van der Waals surface area contributed by atoms with Gasteiger partial charge >= 0.3 is 5.97 Å². The van der Waals surface area contributed by atoms with Crippen molar-refractivity contribution in [3.05, 3.63) is 0 Å². The average molecular weight is 291 g/mol. The Morgan fingerprint density at radius 3 is 2.16 bits per heavy atom. The predicted octanol–water partition coefficient (Wildman–Crippen LogP) is 1.99. The summed E-state index contributed by atoms with van der Waals surface area (Å²) >= 11 is 0. The number of carboxylic acid groups (broad SMARTS) is 1. The number of carbonyl (C=O) groups is 1. The maximum Gasteiger partial charge on any atom is 0.306 e. The molecule has 0 saturated heterocycles. The molecule has 1 rings (SSSR count). The average Bonchev–Trinajstić information content (AvgIpc) is 2.36. The van der Waals surface area contributed by atoms with Crippen LogP contribution in [0, 0.1) is 11.8 Å². The molecule has 0 heterocycles. The van der Waals surface area contributed by atoms with Gasteiger partial charge in [0.2, 0.25) is 10.0 Å². The topological polar surface area (TPSA) is 83.5 Å². The van der Waals surface area contributed by atoms with Crippen molar-refractivity contribution in [3.8, 4) is 0 Å². The van der Waals surface area contributed by atoms with Crippen LogP contribution in [0.1, 0.15) is 52.4 Å². The van der Waals surface area contributed by atoms with Crippen LogP contribution >= 0.6 is 0 Å². The first-order chi connectivity index (χ1) is 8.88. The van der Waals surface area contributed by atoms with E-state index < -0.39 is 16.0 Å². The van der Waals surface area contributed by atoms with Gasteiger partial charge < -0.3 is 5.11 Å². The van der Waals surface area contributed by atoms with Crippen LogP contribution in [0.5, 0.6) is 0 Å². The van der Waals surface area contributed by atoms with E-state index in [2.05, 4.69) is 4.72 Å². The second-order valence-corrected chi connectivity index (χ2v) is 7.27. The molecule has 0 aromatic heterocycles. The molecule has 1 aliphatic rings. The normalized spacial score (nSPS) is 24.6. The SMILES string of the molecule is CCC(CC)CS(=O)(=O)NC1CCC(C(=O)O)CC1. The molecule has 5 nitrogen and oxygen atoms in total. The lowest BCUT2D eigenvalue weighted by Crippen LogP contribution is -2.40. The summed E-state index contributed by atoms with van der Waals surface area (Å²) in [6, 6.07) is -0.0880. The van der Waals surface area contributed by atoms with E-state index in [0.717, 1.165) is 12.8 Å². The lowest BCUT2D eigenvalue weighted by Gasteiger charge is -2.27. The van der Waals surface area contributed by atoms with Gasteiger partial charge in [0.25, 0.3) is 0 Å². The first kappa shape index (κ1) is 16.4. The van der Waals surface area contributed by atoms with Crippen LogP contribution in [-0.4, -0.2) is 31.3 Å². The lowest BCUT2D eigenvalue weighted by atomic mass is 9.87. The molecule has 1 fully saturated rings. The third-order valence-corrected chi connectivity index (χ3v) is 5.64. The van der Waals surface area contributed by atoms with Gasteiger partial charge in [-0.15, -0.1) is 0 Å². The van der Waals surface area contributed by atoms with Crippen molar-refractivity contribution >= 4 is 16.0 Å². The number of hydrogen-bond donors (Lipinski definition) is 2. The number of nitrogens with one attached hydrogen (secondary N) is 1. The van der Waals surface area contributed by atoms with Gasteiger partial charge in [-0.2, -0.15) is 0 Å². The molecular formula is C13H25NO4S. The van der Waals surface area contributed by atoms with Crippen LogP contribution in [0.25, 0.3) is 0 Å². The zero-order valence-corrected chi connectivity index (χ0v) is 12.6. The van der Waals surface area contributed by atoms with E-state index in [4.69, 9.17) is 5.11 Å². The summed E-state index contributed by atoms with van der Waals surface area (Å²) in [6.45, 7) is 4.00. The van der Waals surface area contributed by atoms with Crippen LogP contribution < -0.4 is 4.72 Å². The van der Waals surface area contributed by atoms with Crippen LogP contribution in [0.4, 0.5) is 0 Å². The minimum atomic E-state index is -3.24. The number of sulfonamides is 1. The van der Waals surface area contributed by atoms with Gasteiger partial charge in [0.15, 0.2) is 0 Å². The van der Waals surface area contributed by atoms with E-state index in [0.29, 0.717) is 25.7 Å². The molecule has 0 bridgehead atoms. The van der Waals surface area contributed by atoms with Crippen molar-refractivity contribution in [2.75, 3.05) is 5.75 Å². The quantitative estimate of drug-likeness (QED) is 0.751. The minimum absolute atomic E-state index is 0.0880. The van der Waals surface area contributed by atoms with Crippen molar-refractivity contribution in [2.24, 2.45) is 11.8 Å². The van der Waals surface area contributed by atoms with E-state index >= 15 is 0 Å². The zero-order valence-electron chi connectivity index (χ0n) is 11.8. The summed E-state index contributed by atoms with van der Waals surface area (Å²) in [7, 11) is -3.24. The summed E-state index contributed by atoms with van der Waals surface area (Å²) in [5.41, 5.74) is 0. The Bertz CT molecular complexity index is 381. The molecule has 1 saturated carbocycles. The van der Waals surface area contributed by atoms with E-state index in [9.17, 15) is 13.2 Å². The fourth-order valence-electron chi connectivity index (χ4n) is 2.59. The maximum absolute atomic E-state index is 12.0. The molecule has 0 aliphatic heterocycles. The second-order valence-electron chi connectivity index (χ2n) is 5.47. The van der Waals surface area contributed by atoms with Crippen molar-refractivity contribution in [2.45, 2.75) is 58.4 Å². The molecule has 0 aromatic rings. The van der Waals surface area contributed by atoms with Gasteiger partial charge in [-0.25, -0.2) is 13.1 Å². The summed E-state index contributed by atoms with van der Waals surface area (Å²) in [4.78, 5) is 10.8. The zero-order chi connectivity index (χ0) is 14.5. The fraction of sp³-hybridized carbons (Fsp3) is 0.923.